The van der Waals surface area contributed by atoms with Crippen LogP contribution in [-0.2, 0) is 4.79 Å². The van der Waals surface area contributed by atoms with Crippen LogP contribution in [-0.4, -0.2) is 11.1 Å². The van der Waals surface area contributed by atoms with Crippen molar-refractivity contribution in [1.29, 1.82) is 0 Å². The Morgan fingerprint density at radius 3 is 2.38 bits per heavy atom. The average Bonchev–Trinajstić information content (AvgIpc) is 2.03. The summed E-state index contributed by atoms with van der Waals surface area (Å²) in [5.74, 6) is -0.801. The molecule has 0 radical (unpaired) electrons. The highest BCUT2D eigenvalue weighted by Gasteiger charge is 2.28. The topological polar surface area (TPSA) is 37.3 Å². The van der Waals surface area contributed by atoms with Crippen LogP contribution in [0.5, 0.6) is 0 Å². The highest BCUT2D eigenvalue weighted by molar-refractivity contribution is 5.76. The van der Waals surface area contributed by atoms with E-state index in [1.807, 2.05) is 19.9 Å². The van der Waals surface area contributed by atoms with Crippen molar-refractivity contribution in [3.05, 3.63) is 24.3 Å². The zero-order valence-electron chi connectivity index (χ0n) is 8.63. The predicted octanol–water partition coefficient (Wildman–Crippen LogP) is 3.01. The molecule has 0 heterocycles. The Morgan fingerprint density at radius 1 is 1.54 bits per heavy atom. The first kappa shape index (κ1) is 11.9. The van der Waals surface area contributed by atoms with Crippen LogP contribution >= 0.6 is 0 Å². The first-order valence-corrected chi connectivity index (χ1v) is 4.43. The molecule has 0 aromatic rings. The summed E-state index contributed by atoms with van der Waals surface area (Å²) in [4.78, 5) is 10.8. The lowest BCUT2D eigenvalue weighted by molar-refractivity contribution is -0.145. The fourth-order valence-corrected chi connectivity index (χ4v) is 0.957. The van der Waals surface area contributed by atoms with Gasteiger partial charge in [0.25, 0.3) is 0 Å². The van der Waals surface area contributed by atoms with Gasteiger partial charge in [-0.05, 0) is 33.6 Å². The fourth-order valence-electron chi connectivity index (χ4n) is 0.957. The second-order valence-corrected chi connectivity index (χ2v) is 3.75. The number of carboxylic acids is 1. The first-order valence-electron chi connectivity index (χ1n) is 4.43. The number of carbonyl (C=O) groups is 1. The number of rotatable bonds is 5. The molecule has 0 saturated heterocycles. The van der Waals surface area contributed by atoms with Gasteiger partial charge in [0.2, 0.25) is 0 Å². The van der Waals surface area contributed by atoms with Gasteiger partial charge in [0.05, 0.1) is 5.41 Å². The highest BCUT2D eigenvalue weighted by atomic mass is 16.4. The van der Waals surface area contributed by atoms with Crippen molar-refractivity contribution in [3.63, 3.8) is 0 Å². The van der Waals surface area contributed by atoms with E-state index in [1.54, 1.807) is 6.92 Å². The molecule has 0 saturated carbocycles. The third-order valence-electron chi connectivity index (χ3n) is 2.16. The molecule has 0 aromatic carbocycles. The van der Waals surface area contributed by atoms with Gasteiger partial charge < -0.3 is 5.11 Å². The van der Waals surface area contributed by atoms with E-state index >= 15 is 0 Å². The van der Waals surface area contributed by atoms with E-state index in [2.05, 4.69) is 6.58 Å². The van der Waals surface area contributed by atoms with Gasteiger partial charge in [-0.2, -0.15) is 0 Å². The summed E-state index contributed by atoms with van der Waals surface area (Å²) in [6.07, 6.45) is 4.95. The van der Waals surface area contributed by atoms with Crippen LogP contribution in [0.2, 0.25) is 0 Å². The van der Waals surface area contributed by atoms with Gasteiger partial charge in [-0.25, -0.2) is 0 Å². The highest BCUT2D eigenvalue weighted by Crippen LogP contribution is 2.25. The van der Waals surface area contributed by atoms with Crippen molar-refractivity contribution < 1.29 is 9.90 Å². The van der Waals surface area contributed by atoms with Crippen LogP contribution in [0, 0.1) is 5.41 Å². The van der Waals surface area contributed by atoms with Gasteiger partial charge in [-0.15, -0.1) is 6.58 Å². The normalized spacial score (nSPS) is 14.4. The minimum Gasteiger partial charge on any atom is -0.481 e. The molecule has 13 heavy (non-hydrogen) atoms. The van der Waals surface area contributed by atoms with Crippen molar-refractivity contribution >= 4 is 5.97 Å². The number of aliphatic carboxylic acids is 1. The van der Waals surface area contributed by atoms with E-state index in [0.29, 0.717) is 6.42 Å². The summed E-state index contributed by atoms with van der Waals surface area (Å²) < 4.78 is 0. The molecule has 1 atom stereocenters. The largest absolute Gasteiger partial charge is 0.481 e. The summed E-state index contributed by atoms with van der Waals surface area (Å²) in [5, 5.41) is 8.91. The quantitative estimate of drug-likeness (QED) is 0.663. The molecule has 0 rings (SSSR count). The first-order chi connectivity index (χ1) is 5.92. The molecular formula is C11H18O2. The Balaban J connectivity index is 4.22. The summed E-state index contributed by atoms with van der Waals surface area (Å²) in [6, 6.07) is 0. The smallest absolute Gasteiger partial charge is 0.313 e. The Kier molecular flexibility index (Phi) is 4.46. The van der Waals surface area contributed by atoms with E-state index < -0.39 is 11.4 Å². The van der Waals surface area contributed by atoms with Crippen molar-refractivity contribution in [2.45, 2.75) is 33.6 Å². The maximum Gasteiger partial charge on any atom is 0.313 e. The van der Waals surface area contributed by atoms with Gasteiger partial charge in [0, 0.05) is 0 Å². The Labute approximate surface area is 80.0 Å². The second kappa shape index (κ2) is 4.85. The van der Waals surface area contributed by atoms with Gasteiger partial charge in [-0.3, -0.25) is 4.79 Å². The predicted molar refractivity (Wildman–Crippen MR) is 54.6 cm³/mol. The molecule has 0 unspecified atom stereocenters. The number of carboxylic acid groups (broad SMARTS) is 1. The molecule has 0 spiro atoms. The number of hydrogen-bond acceptors (Lipinski definition) is 1. The van der Waals surface area contributed by atoms with Crippen LogP contribution in [0.25, 0.3) is 0 Å². The van der Waals surface area contributed by atoms with Crippen molar-refractivity contribution in [2.24, 2.45) is 5.41 Å². The molecular weight excluding hydrogens is 164 g/mol. The maximum absolute atomic E-state index is 10.8. The number of allylic oxidation sites excluding steroid dienone is 2. The molecule has 0 aromatic heterocycles. The van der Waals surface area contributed by atoms with E-state index in [-0.39, 0.29) is 0 Å². The minimum absolute atomic E-state index is 0.608. The Morgan fingerprint density at radius 2 is 2.08 bits per heavy atom. The van der Waals surface area contributed by atoms with Crippen LogP contribution in [0.1, 0.15) is 33.6 Å². The maximum atomic E-state index is 10.8. The van der Waals surface area contributed by atoms with E-state index in [1.165, 1.54) is 11.6 Å². The van der Waals surface area contributed by atoms with Crippen LogP contribution in [0.3, 0.4) is 0 Å². The van der Waals surface area contributed by atoms with Gasteiger partial charge in [-0.1, -0.05) is 17.7 Å². The zero-order valence-corrected chi connectivity index (χ0v) is 8.63. The van der Waals surface area contributed by atoms with Gasteiger partial charge >= 0.3 is 5.97 Å². The third kappa shape index (κ3) is 3.92. The molecule has 0 aliphatic rings. The standard InChI is InChI=1S/C11H18O2/c1-5-11(4,10(12)13)8-6-7-9(2)3/h5,7H,1,6,8H2,2-4H3,(H,12,13)/t11-/m1/s1. The Hall–Kier alpha value is -1.05. The molecule has 0 amide bonds. The molecule has 0 fully saturated rings. The van der Waals surface area contributed by atoms with Gasteiger partial charge in [0.1, 0.15) is 0 Å². The lowest BCUT2D eigenvalue weighted by Crippen LogP contribution is -2.24. The molecule has 2 heteroatoms. The van der Waals surface area contributed by atoms with Crippen LogP contribution < -0.4 is 0 Å². The fraction of sp³-hybridized carbons (Fsp3) is 0.545. The lowest BCUT2D eigenvalue weighted by atomic mass is 9.85. The Bertz CT molecular complexity index is 224. The van der Waals surface area contributed by atoms with Gasteiger partial charge in [0.15, 0.2) is 0 Å². The van der Waals surface area contributed by atoms with E-state index in [9.17, 15) is 4.79 Å². The molecule has 0 aliphatic carbocycles. The van der Waals surface area contributed by atoms with Crippen LogP contribution in [0.15, 0.2) is 24.3 Å². The summed E-state index contributed by atoms with van der Waals surface area (Å²) >= 11 is 0. The number of hydrogen-bond donors (Lipinski definition) is 1. The summed E-state index contributed by atoms with van der Waals surface area (Å²) in [7, 11) is 0. The lowest BCUT2D eigenvalue weighted by Gasteiger charge is -2.18. The van der Waals surface area contributed by atoms with Crippen LogP contribution in [0.4, 0.5) is 0 Å². The van der Waals surface area contributed by atoms with Crippen molar-refractivity contribution in [3.8, 4) is 0 Å². The molecule has 2 nitrogen and oxygen atoms in total. The molecule has 0 bridgehead atoms. The molecule has 74 valence electrons. The molecule has 1 N–H and O–H groups in total. The third-order valence-corrected chi connectivity index (χ3v) is 2.16. The SMILES string of the molecule is C=C[C@](C)(CCC=C(C)C)C(=O)O. The van der Waals surface area contributed by atoms with E-state index in [0.717, 1.165) is 6.42 Å². The molecule has 0 aliphatic heterocycles. The van der Waals surface area contributed by atoms with E-state index in [4.69, 9.17) is 5.11 Å². The second-order valence-electron chi connectivity index (χ2n) is 3.75. The monoisotopic (exact) mass is 182 g/mol. The summed E-state index contributed by atoms with van der Waals surface area (Å²) in [6.45, 7) is 9.26. The average molecular weight is 182 g/mol. The van der Waals surface area contributed by atoms with Crippen molar-refractivity contribution in [2.75, 3.05) is 0 Å². The minimum atomic E-state index is -0.801. The summed E-state index contributed by atoms with van der Waals surface area (Å²) in [5.41, 5.74) is 0.433. The van der Waals surface area contributed by atoms with Crippen molar-refractivity contribution in [1.82, 2.24) is 0 Å². The zero-order chi connectivity index (χ0) is 10.5.